The van der Waals surface area contributed by atoms with Crippen LogP contribution in [0.4, 0.5) is 0 Å². The number of phenols is 1. The summed E-state index contributed by atoms with van der Waals surface area (Å²) in [5.74, 6) is -1.25. The third-order valence-corrected chi connectivity index (χ3v) is 3.54. The molecule has 2 aromatic rings. The lowest BCUT2D eigenvalue weighted by Crippen LogP contribution is -2.48. The van der Waals surface area contributed by atoms with Crippen molar-refractivity contribution in [2.75, 3.05) is 0 Å². The van der Waals surface area contributed by atoms with Crippen molar-refractivity contribution < 1.29 is 14.7 Å². The fourth-order valence-electron chi connectivity index (χ4n) is 1.81. The number of carbonyl (C=O) groups excluding carboxylic acids is 2. The van der Waals surface area contributed by atoms with Crippen molar-refractivity contribution in [3.63, 3.8) is 0 Å². The molecule has 2 rings (SSSR count). The molecular formula is C17H14ClN3O3S. The van der Waals surface area contributed by atoms with Crippen LogP contribution in [-0.2, 0) is 4.79 Å². The second-order valence-electron chi connectivity index (χ2n) is 4.77. The van der Waals surface area contributed by atoms with Crippen molar-refractivity contribution in [2.45, 2.75) is 0 Å². The Morgan fingerprint density at radius 1 is 1.04 bits per heavy atom. The number of rotatable bonds is 3. The van der Waals surface area contributed by atoms with Gasteiger partial charge in [0, 0.05) is 11.1 Å². The van der Waals surface area contributed by atoms with E-state index in [0.717, 1.165) is 0 Å². The van der Waals surface area contributed by atoms with Gasteiger partial charge in [0.1, 0.15) is 5.75 Å². The Morgan fingerprint density at radius 3 is 2.44 bits per heavy atom. The number of hydrogen-bond donors (Lipinski definition) is 4. The van der Waals surface area contributed by atoms with E-state index in [1.165, 1.54) is 18.2 Å². The summed E-state index contributed by atoms with van der Waals surface area (Å²) >= 11 is 10.9. The zero-order valence-electron chi connectivity index (χ0n) is 12.8. The van der Waals surface area contributed by atoms with Crippen LogP contribution in [0, 0.1) is 0 Å². The van der Waals surface area contributed by atoms with Crippen LogP contribution >= 0.6 is 23.8 Å². The maximum Gasteiger partial charge on any atom is 0.273 e. The van der Waals surface area contributed by atoms with Gasteiger partial charge in [0.15, 0.2) is 5.11 Å². The molecule has 6 nitrogen and oxygen atoms in total. The minimum Gasteiger partial charge on any atom is -0.507 e. The lowest BCUT2D eigenvalue weighted by atomic mass is 10.2. The summed E-state index contributed by atoms with van der Waals surface area (Å²) in [4.78, 5) is 23.7. The van der Waals surface area contributed by atoms with Crippen molar-refractivity contribution in [3.8, 4) is 5.75 Å². The first-order valence-corrected chi connectivity index (χ1v) is 7.88. The molecule has 0 heterocycles. The first-order chi connectivity index (χ1) is 12.0. The summed E-state index contributed by atoms with van der Waals surface area (Å²) in [7, 11) is 0. The van der Waals surface area contributed by atoms with Gasteiger partial charge in [0.2, 0.25) is 5.91 Å². The molecule has 0 aliphatic rings. The van der Waals surface area contributed by atoms with Crippen molar-refractivity contribution in [3.05, 3.63) is 70.8 Å². The van der Waals surface area contributed by atoms with Gasteiger partial charge in [-0.15, -0.1) is 0 Å². The lowest BCUT2D eigenvalue weighted by molar-refractivity contribution is -0.115. The van der Waals surface area contributed by atoms with Gasteiger partial charge in [-0.2, -0.15) is 0 Å². The average Bonchev–Trinajstić information content (AvgIpc) is 2.59. The first kappa shape index (κ1) is 18.4. The van der Waals surface area contributed by atoms with Crippen LogP contribution in [0.2, 0.25) is 5.02 Å². The highest BCUT2D eigenvalue weighted by atomic mass is 35.5. The number of aromatic hydroxyl groups is 1. The Labute approximate surface area is 154 Å². The standard InChI is InChI=1S/C17H14ClN3O3S/c18-13-7-3-1-5-11(13)9-10-15(23)19-17(25)21-20-16(24)12-6-2-4-8-14(12)22/h1-10,22H,(H,20,24)(H2,19,21,23,25). The van der Waals surface area contributed by atoms with E-state index in [-0.39, 0.29) is 16.4 Å². The van der Waals surface area contributed by atoms with Crippen LogP contribution in [0.3, 0.4) is 0 Å². The molecule has 128 valence electrons. The SMILES string of the molecule is O=C(C=Cc1ccccc1Cl)NC(=S)NNC(=O)c1ccccc1O. The van der Waals surface area contributed by atoms with Gasteiger partial charge in [-0.3, -0.25) is 25.8 Å². The van der Waals surface area contributed by atoms with Gasteiger partial charge < -0.3 is 5.11 Å². The third kappa shape index (κ3) is 5.59. The number of hydrazine groups is 1. The molecule has 0 radical (unpaired) electrons. The number of thiocarbonyl (C=S) groups is 1. The monoisotopic (exact) mass is 375 g/mol. The van der Waals surface area contributed by atoms with Crippen LogP contribution in [0.25, 0.3) is 6.08 Å². The molecule has 0 aliphatic heterocycles. The normalized spacial score (nSPS) is 10.3. The molecule has 25 heavy (non-hydrogen) atoms. The van der Waals surface area contributed by atoms with E-state index < -0.39 is 11.8 Å². The van der Waals surface area contributed by atoms with Gasteiger partial charge in [-0.1, -0.05) is 41.9 Å². The maximum atomic E-state index is 11.9. The number of benzene rings is 2. The predicted molar refractivity (Wildman–Crippen MR) is 99.9 cm³/mol. The lowest BCUT2D eigenvalue weighted by Gasteiger charge is -2.10. The molecular weight excluding hydrogens is 362 g/mol. The highest BCUT2D eigenvalue weighted by molar-refractivity contribution is 7.80. The van der Waals surface area contributed by atoms with E-state index in [0.29, 0.717) is 10.6 Å². The van der Waals surface area contributed by atoms with Crippen molar-refractivity contribution in [2.24, 2.45) is 0 Å². The molecule has 0 aliphatic carbocycles. The summed E-state index contributed by atoms with van der Waals surface area (Å²) in [5.41, 5.74) is 5.41. The molecule has 0 unspecified atom stereocenters. The van der Waals surface area contributed by atoms with Crippen LogP contribution < -0.4 is 16.2 Å². The molecule has 0 spiro atoms. The van der Waals surface area contributed by atoms with Gasteiger partial charge in [0.05, 0.1) is 5.56 Å². The summed E-state index contributed by atoms with van der Waals surface area (Å²) < 4.78 is 0. The van der Waals surface area contributed by atoms with Crippen molar-refractivity contribution >= 4 is 46.8 Å². The maximum absolute atomic E-state index is 11.9. The quantitative estimate of drug-likeness (QED) is 0.376. The Morgan fingerprint density at radius 2 is 1.72 bits per heavy atom. The second kappa shape index (κ2) is 8.81. The summed E-state index contributed by atoms with van der Waals surface area (Å²) in [6, 6.07) is 13.1. The average molecular weight is 376 g/mol. The summed E-state index contributed by atoms with van der Waals surface area (Å²) in [5, 5.41) is 12.4. The Hall–Kier alpha value is -2.90. The van der Waals surface area contributed by atoms with E-state index in [1.807, 2.05) is 0 Å². The Balaban J connectivity index is 1.84. The molecule has 0 bridgehead atoms. The van der Waals surface area contributed by atoms with Gasteiger partial charge in [-0.05, 0) is 42.1 Å². The van der Waals surface area contributed by atoms with Crippen molar-refractivity contribution in [1.29, 1.82) is 0 Å². The molecule has 0 atom stereocenters. The van der Waals surface area contributed by atoms with E-state index in [2.05, 4.69) is 16.2 Å². The molecule has 0 saturated heterocycles. The minimum absolute atomic E-state index is 0.0720. The largest absolute Gasteiger partial charge is 0.507 e. The van der Waals surface area contributed by atoms with Crippen LogP contribution in [0.1, 0.15) is 15.9 Å². The summed E-state index contributed by atoms with van der Waals surface area (Å²) in [6.07, 6.45) is 2.81. The van der Waals surface area contributed by atoms with E-state index in [9.17, 15) is 14.7 Å². The topological polar surface area (TPSA) is 90.5 Å². The van der Waals surface area contributed by atoms with Gasteiger partial charge in [0.25, 0.3) is 5.91 Å². The second-order valence-corrected chi connectivity index (χ2v) is 5.58. The fraction of sp³-hybridized carbons (Fsp3) is 0. The molecule has 0 fully saturated rings. The number of amides is 2. The van der Waals surface area contributed by atoms with Crippen LogP contribution in [-0.4, -0.2) is 22.0 Å². The molecule has 2 amide bonds. The van der Waals surface area contributed by atoms with Gasteiger partial charge >= 0.3 is 0 Å². The highest BCUT2D eigenvalue weighted by Gasteiger charge is 2.10. The Bertz CT molecular complexity index is 839. The number of para-hydroxylation sites is 1. The zero-order valence-corrected chi connectivity index (χ0v) is 14.4. The zero-order chi connectivity index (χ0) is 18.2. The molecule has 2 aromatic carbocycles. The molecule has 8 heteroatoms. The third-order valence-electron chi connectivity index (χ3n) is 2.99. The number of nitrogens with one attached hydrogen (secondary N) is 3. The van der Waals surface area contributed by atoms with Crippen molar-refractivity contribution in [1.82, 2.24) is 16.2 Å². The van der Waals surface area contributed by atoms with Crippen LogP contribution in [0.15, 0.2) is 54.6 Å². The minimum atomic E-state index is -0.596. The Kier molecular flexibility index (Phi) is 6.50. The van der Waals surface area contributed by atoms with Crippen LogP contribution in [0.5, 0.6) is 5.75 Å². The number of halogens is 1. The number of carbonyl (C=O) groups is 2. The number of phenolic OH excluding ortho intramolecular Hbond substituents is 1. The van der Waals surface area contributed by atoms with Gasteiger partial charge in [-0.25, -0.2) is 0 Å². The van der Waals surface area contributed by atoms with E-state index in [1.54, 1.807) is 42.5 Å². The molecule has 0 saturated carbocycles. The summed E-state index contributed by atoms with van der Waals surface area (Å²) in [6.45, 7) is 0. The molecule has 4 N–H and O–H groups in total. The first-order valence-electron chi connectivity index (χ1n) is 7.09. The molecule has 0 aromatic heterocycles. The van der Waals surface area contributed by atoms with E-state index in [4.69, 9.17) is 23.8 Å². The predicted octanol–water partition coefficient (Wildman–Crippen LogP) is 2.39. The van der Waals surface area contributed by atoms with E-state index >= 15 is 0 Å². The smallest absolute Gasteiger partial charge is 0.273 e. The fourth-order valence-corrected chi connectivity index (χ4v) is 2.16. The number of hydrogen-bond acceptors (Lipinski definition) is 4. The highest BCUT2D eigenvalue weighted by Crippen LogP contribution is 2.16.